The van der Waals surface area contributed by atoms with E-state index in [1.165, 1.54) is 18.2 Å². The molecule has 2 rings (SSSR count). The molecule has 0 radical (unpaired) electrons. The molecule has 1 heterocycles. The Bertz CT molecular complexity index is 726. The summed E-state index contributed by atoms with van der Waals surface area (Å²) in [6.07, 6.45) is -4.61. The minimum Gasteiger partial charge on any atom is -0.490 e. The van der Waals surface area contributed by atoms with E-state index >= 15 is 0 Å². The molecule has 1 aliphatic rings. The van der Waals surface area contributed by atoms with Gasteiger partial charge in [0.1, 0.15) is 18.4 Å². The molecule has 1 aliphatic heterocycles. The van der Waals surface area contributed by atoms with Gasteiger partial charge in [-0.15, -0.1) is 0 Å². The molecule has 0 amide bonds. The van der Waals surface area contributed by atoms with Crippen molar-refractivity contribution >= 4 is 10.0 Å². The molecule has 0 aromatic heterocycles. The number of nitriles is 1. The first kappa shape index (κ1) is 17.6. The van der Waals surface area contributed by atoms with Crippen molar-refractivity contribution in [2.24, 2.45) is 0 Å². The van der Waals surface area contributed by atoms with E-state index in [0.717, 1.165) is 0 Å². The van der Waals surface area contributed by atoms with Gasteiger partial charge in [-0.25, -0.2) is 8.42 Å². The maximum Gasteiger partial charge on any atom is 0.402 e. The van der Waals surface area contributed by atoms with Gasteiger partial charge >= 0.3 is 6.18 Å². The molecule has 0 saturated carbocycles. The summed E-state index contributed by atoms with van der Waals surface area (Å²) in [5, 5.41) is 8.54. The highest BCUT2D eigenvalue weighted by Crippen LogP contribution is 2.32. The Kier molecular flexibility index (Phi) is 4.87. The van der Waals surface area contributed by atoms with Gasteiger partial charge in [0, 0.05) is 19.4 Å². The zero-order chi connectivity index (χ0) is 17.3. The highest BCUT2D eigenvalue weighted by Gasteiger charge is 2.37. The Morgan fingerprint density at radius 2 is 2.13 bits per heavy atom. The molecular weight excluding hydrogens is 333 g/mol. The van der Waals surface area contributed by atoms with Crippen LogP contribution in [0.15, 0.2) is 23.1 Å². The normalized spacial score (nSPS) is 17.7. The zero-order valence-corrected chi connectivity index (χ0v) is 13.1. The second-order valence-corrected chi connectivity index (χ2v) is 7.20. The van der Waals surface area contributed by atoms with Crippen LogP contribution in [0.25, 0.3) is 0 Å². The fraction of sp³-hybridized carbons (Fsp3) is 0.500. The van der Waals surface area contributed by atoms with E-state index in [0.29, 0.717) is 17.7 Å². The number of halogens is 3. The fourth-order valence-corrected chi connectivity index (χ4v) is 3.84. The molecule has 5 nitrogen and oxygen atoms in total. The van der Waals surface area contributed by atoms with Gasteiger partial charge in [-0.05, 0) is 30.7 Å². The molecule has 23 heavy (non-hydrogen) atoms. The Hall–Kier alpha value is -1.79. The third-order valence-corrected chi connectivity index (χ3v) is 5.18. The van der Waals surface area contributed by atoms with Crippen LogP contribution in [0.4, 0.5) is 13.2 Å². The van der Waals surface area contributed by atoms with Gasteiger partial charge < -0.3 is 4.74 Å². The van der Waals surface area contributed by atoms with Gasteiger partial charge in [0.25, 0.3) is 0 Å². The summed E-state index contributed by atoms with van der Waals surface area (Å²) in [6, 6.07) is 5.67. The molecule has 1 unspecified atom stereocenters. The van der Waals surface area contributed by atoms with Crippen LogP contribution >= 0.6 is 0 Å². The number of nitrogens with zero attached hydrogens (tertiary/aromatic N) is 2. The number of fused-ring (bicyclic) bond motifs is 1. The smallest absolute Gasteiger partial charge is 0.402 e. The van der Waals surface area contributed by atoms with Crippen LogP contribution in [-0.2, 0) is 16.4 Å². The highest BCUT2D eigenvalue weighted by molar-refractivity contribution is 7.89. The molecule has 0 fully saturated rings. The van der Waals surface area contributed by atoms with Crippen molar-refractivity contribution in [3.05, 3.63) is 23.8 Å². The monoisotopic (exact) mass is 348 g/mol. The van der Waals surface area contributed by atoms with Crippen molar-refractivity contribution in [1.29, 1.82) is 5.26 Å². The Morgan fingerprint density at radius 3 is 2.74 bits per heavy atom. The van der Waals surface area contributed by atoms with Gasteiger partial charge in [-0.1, -0.05) is 0 Å². The number of hydrogen-bond acceptors (Lipinski definition) is 4. The second-order valence-electron chi connectivity index (χ2n) is 5.26. The average molecular weight is 348 g/mol. The summed E-state index contributed by atoms with van der Waals surface area (Å²) in [7, 11) is -4.34. The van der Waals surface area contributed by atoms with Crippen molar-refractivity contribution in [2.75, 3.05) is 13.1 Å². The first-order valence-corrected chi connectivity index (χ1v) is 8.31. The summed E-state index contributed by atoms with van der Waals surface area (Å²) in [4.78, 5) is -0.226. The Morgan fingerprint density at radius 1 is 1.43 bits per heavy atom. The Labute approximate surface area is 132 Å². The number of alkyl halides is 3. The third kappa shape index (κ3) is 4.14. The maximum absolute atomic E-state index is 12.6. The van der Waals surface area contributed by atoms with Crippen molar-refractivity contribution in [1.82, 2.24) is 4.31 Å². The lowest BCUT2D eigenvalue weighted by Crippen LogP contribution is -2.39. The second kappa shape index (κ2) is 6.37. The number of sulfonamides is 1. The summed E-state index contributed by atoms with van der Waals surface area (Å²) < 4.78 is 68.6. The largest absolute Gasteiger partial charge is 0.490 e. The lowest BCUT2D eigenvalue weighted by Gasteiger charge is -2.22. The molecule has 9 heteroatoms. The van der Waals surface area contributed by atoms with Crippen molar-refractivity contribution < 1.29 is 26.3 Å². The summed E-state index contributed by atoms with van der Waals surface area (Å²) in [6.45, 7) is -0.319. The van der Waals surface area contributed by atoms with Crippen LogP contribution in [0.1, 0.15) is 18.9 Å². The zero-order valence-electron chi connectivity index (χ0n) is 12.3. The number of benzene rings is 1. The molecule has 0 aliphatic carbocycles. The summed E-state index contributed by atoms with van der Waals surface area (Å²) in [5.41, 5.74) is 0.644. The van der Waals surface area contributed by atoms with E-state index in [-0.39, 0.29) is 21.7 Å². The Balaban J connectivity index is 2.34. The third-order valence-electron chi connectivity index (χ3n) is 3.33. The summed E-state index contributed by atoms with van der Waals surface area (Å²) >= 11 is 0. The summed E-state index contributed by atoms with van der Waals surface area (Å²) in [5.74, 6) is 0.538. The minimum atomic E-state index is -4.68. The topological polar surface area (TPSA) is 70.4 Å². The van der Waals surface area contributed by atoms with Crippen LogP contribution < -0.4 is 4.74 Å². The van der Waals surface area contributed by atoms with Gasteiger partial charge in [0.2, 0.25) is 10.0 Å². The van der Waals surface area contributed by atoms with Crippen LogP contribution in [0.2, 0.25) is 0 Å². The molecule has 126 valence electrons. The van der Waals surface area contributed by atoms with Crippen LogP contribution in [0, 0.1) is 11.3 Å². The van der Waals surface area contributed by atoms with Gasteiger partial charge in [-0.2, -0.15) is 22.7 Å². The lowest BCUT2D eigenvalue weighted by atomic mass is 10.1. The maximum atomic E-state index is 12.6. The van der Waals surface area contributed by atoms with E-state index in [9.17, 15) is 21.6 Å². The van der Waals surface area contributed by atoms with Gasteiger partial charge in [-0.3, -0.25) is 0 Å². The average Bonchev–Trinajstić information content (AvgIpc) is 2.81. The minimum absolute atomic E-state index is 0.104. The fourth-order valence-electron chi connectivity index (χ4n) is 2.37. The molecule has 0 saturated heterocycles. The lowest BCUT2D eigenvalue weighted by molar-refractivity contribution is -0.136. The molecule has 1 aromatic rings. The predicted octanol–water partition coefficient (Wildman–Crippen LogP) is 2.48. The van der Waals surface area contributed by atoms with Crippen molar-refractivity contribution in [3.63, 3.8) is 0 Å². The van der Waals surface area contributed by atoms with E-state index in [4.69, 9.17) is 10.00 Å². The molecule has 1 aromatic carbocycles. The SMILES string of the molecule is CC1Cc2cc(S(=O)(=O)N(CCC#N)CC(F)(F)F)ccc2O1. The van der Waals surface area contributed by atoms with Crippen LogP contribution in [0.3, 0.4) is 0 Å². The number of ether oxygens (including phenoxy) is 1. The first-order valence-electron chi connectivity index (χ1n) is 6.87. The quantitative estimate of drug-likeness (QED) is 0.820. The molecule has 0 spiro atoms. The number of rotatable bonds is 5. The molecule has 0 N–H and O–H groups in total. The van der Waals surface area contributed by atoms with E-state index in [1.54, 1.807) is 6.07 Å². The van der Waals surface area contributed by atoms with Crippen LogP contribution in [0.5, 0.6) is 5.75 Å². The highest BCUT2D eigenvalue weighted by atomic mass is 32.2. The van der Waals surface area contributed by atoms with Crippen LogP contribution in [-0.4, -0.2) is 38.1 Å². The van der Waals surface area contributed by atoms with E-state index in [1.807, 2.05) is 6.92 Å². The predicted molar refractivity (Wildman–Crippen MR) is 75.3 cm³/mol. The van der Waals surface area contributed by atoms with Gasteiger partial charge in [0.05, 0.1) is 11.0 Å². The van der Waals surface area contributed by atoms with Gasteiger partial charge in [0.15, 0.2) is 0 Å². The van der Waals surface area contributed by atoms with Crippen molar-refractivity contribution in [3.8, 4) is 11.8 Å². The van der Waals surface area contributed by atoms with E-state index in [2.05, 4.69) is 0 Å². The number of hydrogen-bond donors (Lipinski definition) is 0. The van der Waals surface area contributed by atoms with Crippen molar-refractivity contribution in [2.45, 2.75) is 36.9 Å². The standard InChI is InChI=1S/C14H15F3N2O3S/c1-10-7-11-8-12(3-4-13(11)22-10)23(20,21)19(6-2-5-18)9-14(15,16)17/h3-4,8,10H,2,6-7,9H2,1H3. The first-order chi connectivity index (χ1) is 10.6. The van der Waals surface area contributed by atoms with E-state index < -0.39 is 29.3 Å². The molecule has 0 bridgehead atoms. The molecular formula is C14H15F3N2O3S. The molecule has 1 atom stereocenters.